The normalized spacial score (nSPS) is 19.1. The molecule has 1 aliphatic rings. The first-order valence-corrected chi connectivity index (χ1v) is 9.07. The Labute approximate surface area is 155 Å². The van der Waals surface area contributed by atoms with Crippen molar-refractivity contribution in [1.29, 1.82) is 0 Å². The minimum absolute atomic E-state index is 0.253. The van der Waals surface area contributed by atoms with E-state index in [1.807, 2.05) is 29.1 Å². The van der Waals surface area contributed by atoms with Crippen LogP contribution in [0.2, 0.25) is 0 Å². The van der Waals surface area contributed by atoms with E-state index in [1.165, 1.54) is 11.3 Å². The van der Waals surface area contributed by atoms with Crippen LogP contribution in [0.25, 0.3) is 11.4 Å². The first-order valence-electron chi connectivity index (χ1n) is 8.19. The standard InChI is InChI=1S/C17H16BN5O2S/c1-25-11-6-10(7-11)23-8-13(15(22-23)12-4-2-3-5-19-12)20-16(24)14-9-26-17(18)21-14/h2-5,8-11H,6-7H2,1H3,(H,20,24). The summed E-state index contributed by atoms with van der Waals surface area (Å²) in [4.78, 5) is 21.2. The Bertz CT molecular complexity index is 920. The van der Waals surface area contributed by atoms with Crippen molar-refractivity contribution in [2.45, 2.75) is 25.0 Å². The maximum absolute atomic E-state index is 12.5. The number of carbonyl (C=O) groups is 1. The average molecular weight is 365 g/mol. The predicted octanol–water partition coefficient (Wildman–Crippen LogP) is 1.80. The molecule has 1 N–H and O–H groups in total. The highest BCUT2D eigenvalue weighted by atomic mass is 32.1. The Hall–Kier alpha value is -2.52. The maximum Gasteiger partial charge on any atom is 0.275 e. The molecule has 3 heterocycles. The predicted molar refractivity (Wildman–Crippen MR) is 100.0 cm³/mol. The highest BCUT2D eigenvalue weighted by Crippen LogP contribution is 2.36. The number of anilines is 1. The first-order chi connectivity index (χ1) is 12.6. The Morgan fingerprint density at radius 1 is 1.42 bits per heavy atom. The molecule has 9 heteroatoms. The zero-order valence-corrected chi connectivity index (χ0v) is 14.9. The van der Waals surface area contributed by atoms with Gasteiger partial charge in [0.15, 0.2) is 7.85 Å². The molecule has 0 bridgehead atoms. The number of hydrogen-bond donors (Lipinski definition) is 1. The lowest BCUT2D eigenvalue weighted by Crippen LogP contribution is -2.32. The molecule has 1 amide bonds. The smallest absolute Gasteiger partial charge is 0.275 e. The molecule has 130 valence electrons. The van der Waals surface area contributed by atoms with E-state index in [4.69, 9.17) is 12.6 Å². The molecule has 2 radical (unpaired) electrons. The molecule has 1 aliphatic carbocycles. The van der Waals surface area contributed by atoms with Crippen LogP contribution in [0.3, 0.4) is 0 Å². The van der Waals surface area contributed by atoms with Crippen molar-refractivity contribution in [3.63, 3.8) is 0 Å². The average Bonchev–Trinajstić information content (AvgIpc) is 3.21. The van der Waals surface area contributed by atoms with Gasteiger partial charge in [0.05, 0.1) is 23.5 Å². The van der Waals surface area contributed by atoms with Crippen LogP contribution in [0.5, 0.6) is 0 Å². The van der Waals surface area contributed by atoms with Crippen LogP contribution in [-0.2, 0) is 4.74 Å². The number of carbonyl (C=O) groups excluding carboxylic acids is 1. The van der Waals surface area contributed by atoms with Crippen LogP contribution in [0.15, 0.2) is 36.0 Å². The molecule has 3 aromatic rings. The quantitative estimate of drug-likeness (QED) is 0.698. The number of rotatable bonds is 5. The third-order valence-electron chi connectivity index (χ3n) is 4.42. The topological polar surface area (TPSA) is 81.9 Å². The van der Waals surface area contributed by atoms with Crippen molar-refractivity contribution in [2.24, 2.45) is 0 Å². The lowest BCUT2D eigenvalue weighted by molar-refractivity contribution is 0.00256. The van der Waals surface area contributed by atoms with Gasteiger partial charge in [-0.05, 0) is 25.0 Å². The zero-order valence-electron chi connectivity index (χ0n) is 14.1. The first kappa shape index (κ1) is 16.9. The van der Waals surface area contributed by atoms with E-state index in [1.54, 1.807) is 18.7 Å². The maximum atomic E-state index is 12.5. The van der Waals surface area contributed by atoms with Crippen molar-refractivity contribution >= 4 is 35.7 Å². The SMILES string of the molecule is [B]c1nc(C(=O)Nc2cn(C3CC(OC)C3)nc2-c2ccccn2)cs1. The number of nitrogens with zero attached hydrogens (tertiary/aromatic N) is 4. The van der Waals surface area contributed by atoms with Gasteiger partial charge in [0.2, 0.25) is 0 Å². The molecule has 0 spiro atoms. The van der Waals surface area contributed by atoms with E-state index in [2.05, 4.69) is 20.4 Å². The van der Waals surface area contributed by atoms with E-state index in [9.17, 15) is 4.79 Å². The van der Waals surface area contributed by atoms with Gasteiger partial charge >= 0.3 is 0 Å². The zero-order chi connectivity index (χ0) is 18.1. The molecular formula is C17H16BN5O2S. The highest BCUT2D eigenvalue weighted by Gasteiger charge is 2.32. The molecule has 0 atom stereocenters. The number of pyridine rings is 1. The van der Waals surface area contributed by atoms with Crippen molar-refractivity contribution in [3.8, 4) is 11.4 Å². The van der Waals surface area contributed by atoms with Crippen LogP contribution < -0.4 is 10.2 Å². The van der Waals surface area contributed by atoms with Crippen LogP contribution in [0, 0.1) is 0 Å². The van der Waals surface area contributed by atoms with Crippen molar-refractivity contribution in [2.75, 3.05) is 12.4 Å². The molecule has 4 rings (SSSR count). The Balaban J connectivity index is 1.63. The summed E-state index contributed by atoms with van der Waals surface area (Å²) in [7, 11) is 7.33. The second-order valence-corrected chi connectivity index (χ2v) is 6.98. The number of aromatic nitrogens is 4. The lowest BCUT2D eigenvalue weighted by atomic mass is 9.89. The molecule has 7 nitrogen and oxygen atoms in total. The van der Waals surface area contributed by atoms with Crippen LogP contribution >= 0.6 is 11.3 Å². The minimum atomic E-state index is -0.321. The Kier molecular flexibility index (Phi) is 4.56. The summed E-state index contributed by atoms with van der Waals surface area (Å²) in [6, 6.07) is 5.84. The van der Waals surface area contributed by atoms with Gasteiger partial charge in [-0.15, -0.1) is 11.3 Å². The fourth-order valence-corrected chi connectivity index (χ4v) is 3.43. The van der Waals surface area contributed by atoms with Crippen LogP contribution in [0.4, 0.5) is 5.69 Å². The molecular weight excluding hydrogens is 349 g/mol. The van der Waals surface area contributed by atoms with Crippen LogP contribution in [-0.4, -0.2) is 46.7 Å². The fourth-order valence-electron chi connectivity index (χ4n) is 2.89. The van der Waals surface area contributed by atoms with Gasteiger partial charge in [-0.25, -0.2) is 4.98 Å². The number of ether oxygens (including phenoxy) is 1. The van der Waals surface area contributed by atoms with E-state index in [0.29, 0.717) is 22.0 Å². The largest absolute Gasteiger partial charge is 0.381 e. The van der Waals surface area contributed by atoms with Gasteiger partial charge in [0.1, 0.15) is 11.4 Å². The molecule has 0 aliphatic heterocycles. The highest BCUT2D eigenvalue weighted by molar-refractivity contribution is 7.17. The third-order valence-corrected chi connectivity index (χ3v) is 5.09. The Morgan fingerprint density at radius 3 is 2.92 bits per heavy atom. The summed E-state index contributed by atoms with van der Waals surface area (Å²) < 4.78 is 7.22. The molecule has 0 unspecified atom stereocenters. The summed E-state index contributed by atoms with van der Waals surface area (Å²) in [5.41, 5.74) is 2.21. The molecule has 3 aromatic heterocycles. The van der Waals surface area contributed by atoms with Crippen molar-refractivity contribution < 1.29 is 9.53 Å². The summed E-state index contributed by atoms with van der Waals surface area (Å²) in [5.74, 6) is -0.321. The minimum Gasteiger partial charge on any atom is -0.381 e. The number of nitrogens with one attached hydrogen (secondary N) is 1. The Morgan fingerprint density at radius 2 is 2.27 bits per heavy atom. The summed E-state index contributed by atoms with van der Waals surface area (Å²) in [6.07, 6.45) is 5.60. The summed E-state index contributed by atoms with van der Waals surface area (Å²) in [6.45, 7) is 0. The van der Waals surface area contributed by atoms with Gasteiger partial charge in [0, 0.05) is 29.8 Å². The third kappa shape index (κ3) is 3.27. The lowest BCUT2D eigenvalue weighted by Gasteiger charge is -2.34. The molecule has 1 fully saturated rings. The fraction of sp³-hybridized carbons (Fsp3) is 0.294. The second kappa shape index (κ2) is 7.01. The summed E-state index contributed by atoms with van der Waals surface area (Å²) >= 11 is 1.23. The molecule has 0 aromatic carbocycles. The molecule has 1 saturated carbocycles. The van der Waals surface area contributed by atoms with Crippen molar-refractivity contribution in [3.05, 3.63) is 41.7 Å². The van der Waals surface area contributed by atoms with Crippen molar-refractivity contribution in [1.82, 2.24) is 19.7 Å². The van der Waals surface area contributed by atoms with E-state index >= 15 is 0 Å². The van der Waals surface area contributed by atoms with E-state index < -0.39 is 0 Å². The van der Waals surface area contributed by atoms with Gasteiger partial charge in [-0.1, -0.05) is 6.07 Å². The molecule has 26 heavy (non-hydrogen) atoms. The number of thiazole rings is 1. The van der Waals surface area contributed by atoms with Gasteiger partial charge < -0.3 is 10.1 Å². The monoisotopic (exact) mass is 365 g/mol. The van der Waals surface area contributed by atoms with E-state index in [0.717, 1.165) is 12.8 Å². The number of amides is 1. The second-order valence-electron chi connectivity index (χ2n) is 6.09. The molecule has 0 saturated heterocycles. The van der Waals surface area contributed by atoms with Gasteiger partial charge in [-0.2, -0.15) is 5.10 Å². The van der Waals surface area contributed by atoms with Gasteiger partial charge in [-0.3, -0.25) is 14.5 Å². The number of methoxy groups -OCH3 is 1. The van der Waals surface area contributed by atoms with E-state index in [-0.39, 0.29) is 23.7 Å². The van der Waals surface area contributed by atoms with Crippen LogP contribution in [0.1, 0.15) is 29.4 Å². The summed E-state index contributed by atoms with van der Waals surface area (Å²) in [5, 5.41) is 9.18. The number of hydrogen-bond acceptors (Lipinski definition) is 6. The van der Waals surface area contributed by atoms with Gasteiger partial charge in [0.25, 0.3) is 5.91 Å².